The van der Waals surface area contributed by atoms with Crippen molar-refractivity contribution in [3.8, 4) is 16.3 Å². The summed E-state index contributed by atoms with van der Waals surface area (Å²) in [5, 5.41) is 0. The van der Waals surface area contributed by atoms with Gasteiger partial charge in [0.15, 0.2) is 0 Å². The topological polar surface area (TPSA) is 65.5 Å². The van der Waals surface area contributed by atoms with Crippen molar-refractivity contribution >= 4 is 38.9 Å². The Hall–Kier alpha value is -3.07. The SMILES string of the molecule is COc1ccc(CN(CCCOCc2ccccc2)c2nc3c(n2C)-c2sc(Br)cc2CCC=C3N)cc1. The Balaban J connectivity index is 1.42. The Labute approximate surface area is 236 Å². The normalized spacial score (nSPS) is 12.8. The molecule has 0 spiro atoms. The van der Waals surface area contributed by atoms with Gasteiger partial charge in [-0.25, -0.2) is 4.98 Å². The van der Waals surface area contributed by atoms with Crippen molar-refractivity contribution in [1.82, 2.24) is 9.55 Å². The second kappa shape index (κ2) is 12.2. The van der Waals surface area contributed by atoms with E-state index >= 15 is 0 Å². The lowest BCUT2D eigenvalue weighted by Crippen LogP contribution is -2.27. The number of aromatic nitrogens is 2. The number of rotatable bonds is 10. The van der Waals surface area contributed by atoms with Gasteiger partial charge >= 0.3 is 0 Å². The summed E-state index contributed by atoms with van der Waals surface area (Å²) in [7, 11) is 3.79. The molecule has 0 unspecified atom stereocenters. The minimum atomic E-state index is 0.618. The van der Waals surface area contributed by atoms with Crippen LogP contribution in [-0.4, -0.2) is 29.8 Å². The van der Waals surface area contributed by atoms with E-state index in [1.54, 1.807) is 18.4 Å². The van der Waals surface area contributed by atoms with Crippen LogP contribution in [-0.2, 0) is 31.4 Å². The number of imidazole rings is 1. The molecule has 4 aromatic rings. The number of nitrogens with two attached hydrogens (primary N) is 1. The average Bonchev–Trinajstić information content (AvgIpc) is 3.46. The second-order valence-electron chi connectivity index (χ2n) is 9.43. The Morgan fingerprint density at radius 2 is 1.89 bits per heavy atom. The molecular formula is C30H33BrN4O2S. The van der Waals surface area contributed by atoms with Crippen LogP contribution in [0.15, 0.2) is 70.5 Å². The first-order valence-corrected chi connectivity index (χ1v) is 14.4. The third-order valence-electron chi connectivity index (χ3n) is 6.76. The molecule has 0 aliphatic heterocycles. The lowest BCUT2D eigenvalue weighted by molar-refractivity contribution is 0.119. The average molecular weight is 594 g/mol. The van der Waals surface area contributed by atoms with Gasteiger partial charge in [0.05, 0.1) is 33.8 Å². The molecule has 1 aliphatic rings. The Morgan fingerprint density at radius 3 is 2.66 bits per heavy atom. The summed E-state index contributed by atoms with van der Waals surface area (Å²) in [4.78, 5) is 8.70. The molecule has 198 valence electrons. The van der Waals surface area contributed by atoms with E-state index in [4.69, 9.17) is 20.2 Å². The van der Waals surface area contributed by atoms with Crippen LogP contribution >= 0.6 is 27.3 Å². The summed E-state index contributed by atoms with van der Waals surface area (Å²) in [6, 6.07) is 20.7. The monoisotopic (exact) mass is 592 g/mol. The van der Waals surface area contributed by atoms with E-state index in [-0.39, 0.29) is 0 Å². The number of hydrogen-bond acceptors (Lipinski definition) is 6. The summed E-state index contributed by atoms with van der Waals surface area (Å²) in [5.41, 5.74) is 13.0. The number of anilines is 1. The molecule has 0 saturated carbocycles. The van der Waals surface area contributed by atoms with Crippen LogP contribution < -0.4 is 15.4 Å². The zero-order chi connectivity index (χ0) is 26.5. The molecule has 0 atom stereocenters. The molecule has 0 radical (unpaired) electrons. The summed E-state index contributed by atoms with van der Waals surface area (Å²) >= 11 is 5.45. The summed E-state index contributed by atoms with van der Waals surface area (Å²) in [6.07, 6.45) is 4.85. The van der Waals surface area contributed by atoms with E-state index < -0.39 is 0 Å². The van der Waals surface area contributed by atoms with Crippen molar-refractivity contribution in [3.63, 3.8) is 0 Å². The quantitative estimate of drug-likeness (QED) is 0.206. The fourth-order valence-corrected chi connectivity index (χ4v) is 6.60. The Morgan fingerprint density at radius 1 is 1.11 bits per heavy atom. The predicted octanol–water partition coefficient (Wildman–Crippen LogP) is 6.78. The second-order valence-corrected chi connectivity index (χ2v) is 11.9. The van der Waals surface area contributed by atoms with Gasteiger partial charge in [-0.3, -0.25) is 0 Å². The maximum absolute atomic E-state index is 6.57. The number of benzene rings is 2. The van der Waals surface area contributed by atoms with Crippen LogP contribution in [0.3, 0.4) is 0 Å². The van der Waals surface area contributed by atoms with Crippen LogP contribution in [0.5, 0.6) is 5.75 Å². The zero-order valence-electron chi connectivity index (χ0n) is 21.8. The fourth-order valence-electron chi connectivity index (χ4n) is 4.81. The van der Waals surface area contributed by atoms with Crippen molar-refractivity contribution < 1.29 is 9.47 Å². The van der Waals surface area contributed by atoms with Crippen molar-refractivity contribution in [2.24, 2.45) is 12.8 Å². The number of nitrogens with zero attached hydrogens (tertiary/aromatic N) is 3. The van der Waals surface area contributed by atoms with Crippen molar-refractivity contribution in [2.75, 3.05) is 25.2 Å². The van der Waals surface area contributed by atoms with E-state index in [1.165, 1.54) is 21.6 Å². The zero-order valence-corrected chi connectivity index (χ0v) is 24.2. The molecule has 5 rings (SSSR count). The Kier molecular flexibility index (Phi) is 8.51. The molecule has 0 amide bonds. The van der Waals surface area contributed by atoms with Crippen molar-refractivity contribution in [3.05, 3.63) is 92.9 Å². The van der Waals surface area contributed by atoms with Crippen LogP contribution in [0, 0.1) is 0 Å². The van der Waals surface area contributed by atoms with Crippen LogP contribution in [0.25, 0.3) is 16.3 Å². The summed E-state index contributed by atoms with van der Waals surface area (Å²) < 4.78 is 14.7. The highest BCUT2D eigenvalue weighted by Gasteiger charge is 2.26. The third-order valence-corrected chi connectivity index (χ3v) is 8.45. The fraction of sp³-hybridized carbons (Fsp3) is 0.300. The van der Waals surface area contributed by atoms with Crippen molar-refractivity contribution in [2.45, 2.75) is 32.4 Å². The smallest absolute Gasteiger partial charge is 0.206 e. The van der Waals surface area contributed by atoms with Gasteiger partial charge in [0.1, 0.15) is 11.4 Å². The van der Waals surface area contributed by atoms with E-state index in [9.17, 15) is 0 Å². The molecule has 2 aromatic carbocycles. The standard InChI is InChI=1S/C30H33BrN4O2S/c1-34-28-27(25(32)11-6-10-23-18-26(31)38-29(23)28)33-30(34)35(19-21-12-14-24(36-2)15-13-21)16-7-17-37-20-22-8-4-3-5-9-22/h3-5,8-9,11-15,18H,6-7,10,16-17,19-20,32H2,1-2H3. The molecule has 0 fully saturated rings. The molecule has 1 aliphatic carbocycles. The van der Waals surface area contributed by atoms with E-state index in [0.29, 0.717) is 13.2 Å². The number of halogens is 1. The third kappa shape index (κ3) is 5.98. The van der Waals surface area contributed by atoms with E-state index in [0.717, 1.165) is 64.9 Å². The molecule has 2 aromatic heterocycles. The first-order valence-electron chi connectivity index (χ1n) is 12.8. The van der Waals surface area contributed by atoms with Crippen LogP contribution in [0.1, 0.15) is 35.2 Å². The molecule has 38 heavy (non-hydrogen) atoms. The van der Waals surface area contributed by atoms with Gasteiger partial charge < -0.3 is 24.7 Å². The number of allylic oxidation sites excluding steroid dienone is 1. The largest absolute Gasteiger partial charge is 0.497 e. The number of ether oxygens (including phenoxy) is 2. The van der Waals surface area contributed by atoms with Gasteiger partial charge in [-0.05, 0) is 70.1 Å². The lowest BCUT2D eigenvalue weighted by atomic mass is 10.0. The first kappa shape index (κ1) is 26.5. The van der Waals surface area contributed by atoms with Gasteiger partial charge in [0, 0.05) is 26.7 Å². The number of hydrogen-bond donors (Lipinski definition) is 1. The summed E-state index contributed by atoms with van der Waals surface area (Å²) in [5.74, 6) is 1.76. The highest BCUT2D eigenvalue weighted by atomic mass is 79.9. The molecule has 2 N–H and O–H groups in total. The van der Waals surface area contributed by atoms with Gasteiger partial charge in [0.25, 0.3) is 0 Å². The highest BCUT2D eigenvalue weighted by molar-refractivity contribution is 9.11. The molecule has 2 heterocycles. The first-order chi connectivity index (χ1) is 18.5. The number of methoxy groups -OCH3 is 1. The highest BCUT2D eigenvalue weighted by Crippen LogP contribution is 2.42. The molecule has 8 heteroatoms. The maximum Gasteiger partial charge on any atom is 0.206 e. The summed E-state index contributed by atoms with van der Waals surface area (Å²) in [6.45, 7) is 2.81. The van der Waals surface area contributed by atoms with Crippen LogP contribution in [0.2, 0.25) is 0 Å². The predicted molar refractivity (Wildman–Crippen MR) is 159 cm³/mol. The van der Waals surface area contributed by atoms with Gasteiger partial charge in [-0.2, -0.15) is 0 Å². The minimum Gasteiger partial charge on any atom is -0.497 e. The number of aryl methyl sites for hydroxylation is 1. The minimum absolute atomic E-state index is 0.618. The molecular weight excluding hydrogens is 560 g/mol. The number of thiophene rings is 1. The molecule has 0 saturated heterocycles. The Bertz CT molecular complexity index is 1400. The molecule has 0 bridgehead atoms. The van der Waals surface area contributed by atoms with E-state index in [2.05, 4.69) is 68.9 Å². The van der Waals surface area contributed by atoms with E-state index in [1.807, 2.05) is 30.3 Å². The van der Waals surface area contributed by atoms with Gasteiger partial charge in [-0.1, -0.05) is 48.5 Å². The van der Waals surface area contributed by atoms with Crippen molar-refractivity contribution in [1.29, 1.82) is 0 Å². The van der Waals surface area contributed by atoms with Crippen LogP contribution in [0.4, 0.5) is 5.95 Å². The maximum atomic E-state index is 6.57. The van der Waals surface area contributed by atoms with Gasteiger partial charge in [-0.15, -0.1) is 11.3 Å². The lowest BCUT2D eigenvalue weighted by Gasteiger charge is -2.24. The van der Waals surface area contributed by atoms with Gasteiger partial charge in [0.2, 0.25) is 5.95 Å². The number of fused-ring (bicyclic) bond motifs is 3. The molecule has 6 nitrogen and oxygen atoms in total.